The van der Waals surface area contributed by atoms with Crippen LogP contribution in [0.5, 0.6) is 0 Å². The molecule has 1 aliphatic heterocycles. The molecule has 0 bridgehead atoms. The molecule has 2 fully saturated rings. The average molecular weight is 210 g/mol. The first-order chi connectivity index (χ1) is 7.25. The van der Waals surface area contributed by atoms with E-state index in [9.17, 15) is 4.79 Å². The topological polar surface area (TPSA) is 41.1 Å². The summed E-state index contributed by atoms with van der Waals surface area (Å²) in [6, 6.07) is 0.650. The van der Waals surface area contributed by atoms with Gasteiger partial charge in [0.2, 0.25) is 5.91 Å². The number of hydrogen-bond acceptors (Lipinski definition) is 2. The lowest BCUT2D eigenvalue weighted by Crippen LogP contribution is -2.46. The molecule has 3 unspecified atom stereocenters. The van der Waals surface area contributed by atoms with Gasteiger partial charge < -0.3 is 10.6 Å². The van der Waals surface area contributed by atoms with Gasteiger partial charge in [0, 0.05) is 12.6 Å². The predicted octanol–water partition coefficient (Wildman–Crippen LogP) is 1.43. The highest BCUT2D eigenvalue weighted by Gasteiger charge is 2.27. The van der Waals surface area contributed by atoms with Gasteiger partial charge in [-0.1, -0.05) is 6.92 Å². The standard InChI is InChI=1S/C12H22N2O/c1-9-5-6-10(8-9)14-11-4-2-3-7-13-12(11)15/h9-11,14H,2-8H2,1H3,(H,13,15). The van der Waals surface area contributed by atoms with Gasteiger partial charge in [-0.2, -0.15) is 0 Å². The second-order valence-electron chi connectivity index (χ2n) is 5.12. The molecular weight excluding hydrogens is 188 g/mol. The third kappa shape index (κ3) is 2.94. The highest BCUT2D eigenvalue weighted by Crippen LogP contribution is 2.25. The van der Waals surface area contributed by atoms with Crippen LogP contribution >= 0.6 is 0 Å². The maximum Gasteiger partial charge on any atom is 0.237 e. The molecule has 1 saturated heterocycles. The summed E-state index contributed by atoms with van der Waals surface area (Å²) in [5.41, 5.74) is 0. The van der Waals surface area contributed by atoms with Crippen molar-refractivity contribution in [2.75, 3.05) is 6.54 Å². The third-order valence-electron chi connectivity index (χ3n) is 3.67. The molecule has 0 aromatic carbocycles. The van der Waals surface area contributed by atoms with Gasteiger partial charge in [-0.15, -0.1) is 0 Å². The zero-order valence-electron chi connectivity index (χ0n) is 9.59. The molecule has 1 saturated carbocycles. The van der Waals surface area contributed by atoms with Crippen LogP contribution in [-0.4, -0.2) is 24.5 Å². The maximum atomic E-state index is 11.7. The van der Waals surface area contributed by atoms with Crippen LogP contribution in [0.15, 0.2) is 0 Å². The fourth-order valence-electron chi connectivity index (χ4n) is 2.74. The minimum Gasteiger partial charge on any atom is -0.355 e. The Morgan fingerprint density at radius 1 is 1.27 bits per heavy atom. The minimum absolute atomic E-state index is 0.0720. The Hall–Kier alpha value is -0.570. The fraction of sp³-hybridized carbons (Fsp3) is 0.917. The van der Waals surface area contributed by atoms with Crippen LogP contribution in [0.25, 0.3) is 0 Å². The van der Waals surface area contributed by atoms with Gasteiger partial charge in [0.05, 0.1) is 6.04 Å². The van der Waals surface area contributed by atoms with E-state index >= 15 is 0 Å². The zero-order valence-corrected chi connectivity index (χ0v) is 9.59. The monoisotopic (exact) mass is 210 g/mol. The first kappa shape index (κ1) is 10.9. The number of hydrogen-bond donors (Lipinski definition) is 2. The van der Waals surface area contributed by atoms with Crippen molar-refractivity contribution in [1.82, 2.24) is 10.6 Å². The number of rotatable bonds is 2. The molecule has 15 heavy (non-hydrogen) atoms. The van der Waals surface area contributed by atoms with Crippen LogP contribution in [-0.2, 0) is 4.79 Å². The molecule has 2 rings (SSSR count). The highest BCUT2D eigenvalue weighted by molar-refractivity contribution is 5.81. The van der Waals surface area contributed by atoms with Gasteiger partial charge >= 0.3 is 0 Å². The highest BCUT2D eigenvalue weighted by atomic mass is 16.2. The summed E-state index contributed by atoms with van der Waals surface area (Å²) < 4.78 is 0. The van der Waals surface area contributed by atoms with E-state index in [2.05, 4.69) is 17.6 Å². The second kappa shape index (κ2) is 4.97. The lowest BCUT2D eigenvalue weighted by Gasteiger charge is -2.20. The quantitative estimate of drug-likeness (QED) is 0.724. The van der Waals surface area contributed by atoms with E-state index in [4.69, 9.17) is 0 Å². The first-order valence-corrected chi connectivity index (χ1v) is 6.29. The SMILES string of the molecule is CC1CCC(NC2CCCCNC2=O)C1. The van der Waals surface area contributed by atoms with Crippen molar-refractivity contribution in [3.63, 3.8) is 0 Å². The minimum atomic E-state index is 0.0720. The lowest BCUT2D eigenvalue weighted by atomic mass is 10.1. The van der Waals surface area contributed by atoms with Crippen LogP contribution in [0.1, 0.15) is 45.4 Å². The Morgan fingerprint density at radius 2 is 2.13 bits per heavy atom. The van der Waals surface area contributed by atoms with Crippen LogP contribution in [0.3, 0.4) is 0 Å². The molecule has 1 aliphatic carbocycles. The third-order valence-corrected chi connectivity index (χ3v) is 3.67. The van der Waals surface area contributed by atoms with Gasteiger partial charge in [0.1, 0.15) is 0 Å². The van der Waals surface area contributed by atoms with Crippen molar-refractivity contribution < 1.29 is 4.79 Å². The Kier molecular flexibility index (Phi) is 3.62. The Balaban J connectivity index is 1.83. The van der Waals surface area contributed by atoms with Crippen LogP contribution in [0, 0.1) is 5.92 Å². The van der Waals surface area contributed by atoms with E-state index in [1.54, 1.807) is 0 Å². The molecule has 1 amide bonds. The number of nitrogens with one attached hydrogen (secondary N) is 2. The van der Waals surface area contributed by atoms with Crippen molar-refractivity contribution in [3.05, 3.63) is 0 Å². The van der Waals surface area contributed by atoms with Crippen molar-refractivity contribution in [2.45, 2.75) is 57.5 Å². The van der Waals surface area contributed by atoms with Gasteiger partial charge in [-0.3, -0.25) is 4.79 Å². The second-order valence-corrected chi connectivity index (χ2v) is 5.12. The Bertz CT molecular complexity index is 230. The van der Waals surface area contributed by atoms with Gasteiger partial charge in [0.25, 0.3) is 0 Å². The summed E-state index contributed by atoms with van der Waals surface area (Å²) in [5.74, 6) is 1.04. The summed E-state index contributed by atoms with van der Waals surface area (Å²) >= 11 is 0. The molecule has 0 spiro atoms. The number of carbonyl (C=O) groups excluding carboxylic acids is 1. The first-order valence-electron chi connectivity index (χ1n) is 6.29. The Morgan fingerprint density at radius 3 is 2.87 bits per heavy atom. The van der Waals surface area contributed by atoms with Crippen molar-refractivity contribution in [3.8, 4) is 0 Å². The molecule has 0 aromatic rings. The van der Waals surface area contributed by atoms with Crippen molar-refractivity contribution in [2.24, 2.45) is 5.92 Å². The summed E-state index contributed by atoms with van der Waals surface area (Å²) in [6.07, 6.45) is 7.10. The maximum absolute atomic E-state index is 11.7. The van der Waals surface area contributed by atoms with E-state index in [1.165, 1.54) is 25.7 Å². The molecule has 2 N–H and O–H groups in total. The fourth-order valence-corrected chi connectivity index (χ4v) is 2.74. The summed E-state index contributed by atoms with van der Waals surface area (Å²) in [7, 11) is 0. The average Bonchev–Trinajstić information content (AvgIpc) is 2.50. The van der Waals surface area contributed by atoms with E-state index < -0.39 is 0 Å². The predicted molar refractivity (Wildman–Crippen MR) is 60.6 cm³/mol. The van der Waals surface area contributed by atoms with Crippen molar-refractivity contribution >= 4 is 5.91 Å². The van der Waals surface area contributed by atoms with E-state index in [-0.39, 0.29) is 11.9 Å². The molecule has 0 radical (unpaired) electrons. The molecule has 2 aliphatic rings. The van der Waals surface area contributed by atoms with Gasteiger partial charge in [-0.25, -0.2) is 0 Å². The molecule has 3 atom stereocenters. The molecular formula is C12H22N2O. The van der Waals surface area contributed by atoms with E-state index in [0.29, 0.717) is 6.04 Å². The van der Waals surface area contributed by atoms with Gasteiger partial charge in [-0.05, 0) is 44.4 Å². The largest absolute Gasteiger partial charge is 0.355 e. The summed E-state index contributed by atoms with van der Waals surface area (Å²) in [4.78, 5) is 11.7. The van der Waals surface area contributed by atoms with E-state index in [1.807, 2.05) is 0 Å². The summed E-state index contributed by atoms with van der Waals surface area (Å²) in [6.45, 7) is 3.16. The number of carbonyl (C=O) groups is 1. The molecule has 1 heterocycles. The molecule has 3 nitrogen and oxygen atoms in total. The summed E-state index contributed by atoms with van der Waals surface area (Å²) in [5, 5.41) is 6.50. The van der Waals surface area contributed by atoms with E-state index in [0.717, 1.165) is 25.3 Å². The van der Waals surface area contributed by atoms with Crippen molar-refractivity contribution in [1.29, 1.82) is 0 Å². The lowest BCUT2D eigenvalue weighted by molar-refractivity contribution is -0.123. The molecule has 86 valence electrons. The zero-order chi connectivity index (χ0) is 10.7. The normalized spacial score (nSPS) is 37.4. The molecule has 0 aromatic heterocycles. The Labute approximate surface area is 92.0 Å². The van der Waals surface area contributed by atoms with Gasteiger partial charge in [0.15, 0.2) is 0 Å². The number of amides is 1. The van der Waals surface area contributed by atoms with Crippen LogP contribution in [0.4, 0.5) is 0 Å². The molecule has 3 heteroatoms. The van der Waals surface area contributed by atoms with Crippen LogP contribution in [0.2, 0.25) is 0 Å². The smallest absolute Gasteiger partial charge is 0.237 e. The van der Waals surface area contributed by atoms with Crippen LogP contribution < -0.4 is 10.6 Å².